The van der Waals surface area contributed by atoms with Crippen LogP contribution in [0.25, 0.3) is 0 Å². The third-order valence-electron chi connectivity index (χ3n) is 1.76. The summed E-state index contributed by atoms with van der Waals surface area (Å²) in [4.78, 5) is 11.3. The monoisotopic (exact) mass is 340 g/mol. The first kappa shape index (κ1) is 14.2. The van der Waals surface area contributed by atoms with Crippen LogP contribution in [-0.2, 0) is 4.79 Å². The summed E-state index contributed by atoms with van der Waals surface area (Å²) in [6, 6.07) is 0. The number of aliphatic carboxylic acids is 1. The summed E-state index contributed by atoms with van der Waals surface area (Å²) in [6.07, 6.45) is 4.14. The van der Waals surface area contributed by atoms with E-state index in [-0.39, 0.29) is 0 Å². The van der Waals surface area contributed by atoms with Gasteiger partial charge in [0.2, 0.25) is 0 Å². The zero-order chi connectivity index (χ0) is 12.4. The molecule has 0 bridgehead atoms. The number of thioether (sulfide) groups is 6. The zero-order valence-corrected chi connectivity index (χ0v) is 13.8. The molecule has 8 heteroatoms. The summed E-state index contributed by atoms with van der Waals surface area (Å²) < 4.78 is 4.93. The van der Waals surface area contributed by atoms with Crippen LogP contribution in [0.5, 0.6) is 0 Å². The highest BCUT2D eigenvalue weighted by Crippen LogP contribution is 2.61. The van der Waals surface area contributed by atoms with Crippen molar-refractivity contribution in [3.05, 3.63) is 27.3 Å². The van der Waals surface area contributed by atoms with E-state index in [9.17, 15) is 4.79 Å². The molecule has 0 saturated heterocycles. The van der Waals surface area contributed by atoms with Crippen LogP contribution in [0.15, 0.2) is 27.3 Å². The second-order valence-electron chi connectivity index (χ2n) is 2.77. The van der Waals surface area contributed by atoms with Gasteiger partial charge >= 0.3 is 5.97 Å². The first-order chi connectivity index (χ1) is 8.15. The van der Waals surface area contributed by atoms with E-state index in [0.29, 0.717) is 4.91 Å². The molecular formula is C9H8O2S6. The smallest absolute Gasteiger partial charge is 0.343 e. The van der Waals surface area contributed by atoms with Crippen LogP contribution >= 0.6 is 70.6 Å². The van der Waals surface area contributed by atoms with Gasteiger partial charge in [0.05, 0.1) is 16.9 Å². The quantitative estimate of drug-likeness (QED) is 0.781. The molecular weight excluding hydrogens is 332 g/mol. The Kier molecular flexibility index (Phi) is 5.26. The van der Waals surface area contributed by atoms with Gasteiger partial charge < -0.3 is 5.11 Å². The van der Waals surface area contributed by atoms with Crippen molar-refractivity contribution in [1.82, 2.24) is 0 Å². The summed E-state index contributed by atoms with van der Waals surface area (Å²) in [7, 11) is 0. The molecule has 0 atom stereocenters. The Bertz CT molecular complexity index is 432. The van der Waals surface area contributed by atoms with Crippen molar-refractivity contribution < 1.29 is 9.90 Å². The summed E-state index contributed by atoms with van der Waals surface area (Å²) in [5, 5.41) is 10.6. The largest absolute Gasteiger partial charge is 0.477 e. The number of carboxylic acids is 1. The highest BCUT2D eigenvalue weighted by molar-refractivity contribution is 8.42. The molecule has 0 aromatic rings. The lowest BCUT2D eigenvalue weighted by atomic mass is 10.7. The Morgan fingerprint density at radius 3 is 2.12 bits per heavy atom. The molecule has 0 saturated carbocycles. The van der Waals surface area contributed by atoms with Crippen LogP contribution in [0.2, 0.25) is 0 Å². The molecule has 0 aliphatic carbocycles. The molecule has 2 heterocycles. The fourth-order valence-corrected chi connectivity index (χ4v) is 8.46. The second kappa shape index (κ2) is 6.29. The Hall–Kier alpha value is 0.790. The van der Waals surface area contributed by atoms with Gasteiger partial charge in [-0.15, -0.1) is 23.5 Å². The average Bonchev–Trinajstić information content (AvgIpc) is 2.94. The number of hydrogen-bond acceptors (Lipinski definition) is 7. The molecule has 2 nitrogen and oxygen atoms in total. The third kappa shape index (κ3) is 3.22. The first-order valence-electron chi connectivity index (χ1n) is 4.36. The van der Waals surface area contributed by atoms with E-state index in [1.54, 1.807) is 52.5 Å². The van der Waals surface area contributed by atoms with Crippen molar-refractivity contribution in [3.63, 3.8) is 0 Å². The highest BCUT2D eigenvalue weighted by atomic mass is 32.3. The Balaban J connectivity index is 2.11. The molecule has 2 rings (SSSR count). The van der Waals surface area contributed by atoms with Gasteiger partial charge in [-0.2, -0.15) is 0 Å². The summed E-state index contributed by atoms with van der Waals surface area (Å²) >= 11 is 9.87. The van der Waals surface area contributed by atoms with E-state index in [0.717, 1.165) is 4.24 Å². The van der Waals surface area contributed by atoms with Crippen molar-refractivity contribution in [2.75, 3.05) is 12.5 Å². The van der Waals surface area contributed by atoms with Crippen molar-refractivity contribution >= 4 is 76.5 Å². The van der Waals surface area contributed by atoms with E-state index in [2.05, 4.69) is 12.5 Å². The van der Waals surface area contributed by atoms with E-state index >= 15 is 0 Å². The number of hydrogen-bond donors (Lipinski definition) is 1. The van der Waals surface area contributed by atoms with Crippen LogP contribution in [0.3, 0.4) is 0 Å². The SMILES string of the molecule is CSC1=C(SC)SC(=C2SC=C(C(=O)O)S2)S1. The maximum Gasteiger partial charge on any atom is 0.343 e. The fourth-order valence-electron chi connectivity index (χ4n) is 1.04. The topological polar surface area (TPSA) is 37.3 Å². The van der Waals surface area contributed by atoms with Gasteiger partial charge in [-0.1, -0.05) is 47.0 Å². The van der Waals surface area contributed by atoms with Crippen molar-refractivity contribution in [1.29, 1.82) is 0 Å². The molecule has 17 heavy (non-hydrogen) atoms. The lowest BCUT2D eigenvalue weighted by Crippen LogP contribution is -1.92. The van der Waals surface area contributed by atoms with Gasteiger partial charge in [0.1, 0.15) is 4.91 Å². The molecule has 0 radical (unpaired) electrons. The van der Waals surface area contributed by atoms with Crippen molar-refractivity contribution in [2.24, 2.45) is 0 Å². The van der Waals surface area contributed by atoms with Gasteiger partial charge in [0.25, 0.3) is 0 Å². The van der Waals surface area contributed by atoms with Gasteiger partial charge in [-0.25, -0.2) is 4.79 Å². The van der Waals surface area contributed by atoms with Crippen LogP contribution in [0.4, 0.5) is 0 Å². The number of rotatable bonds is 3. The van der Waals surface area contributed by atoms with Gasteiger partial charge in [-0.05, 0) is 17.9 Å². The molecule has 2 aliphatic heterocycles. The highest BCUT2D eigenvalue weighted by Gasteiger charge is 2.27. The summed E-state index contributed by atoms with van der Waals surface area (Å²) in [5.41, 5.74) is 0. The second-order valence-corrected chi connectivity index (χ2v) is 9.41. The Morgan fingerprint density at radius 1 is 1.12 bits per heavy atom. The molecule has 2 aliphatic rings. The lowest BCUT2D eigenvalue weighted by molar-refractivity contribution is -0.131. The van der Waals surface area contributed by atoms with Gasteiger partial charge in [0.15, 0.2) is 0 Å². The zero-order valence-electron chi connectivity index (χ0n) is 8.88. The van der Waals surface area contributed by atoms with Crippen LogP contribution < -0.4 is 0 Å². The van der Waals surface area contributed by atoms with Gasteiger partial charge in [0, 0.05) is 0 Å². The normalized spacial score (nSPS) is 20.2. The Morgan fingerprint density at radius 2 is 1.71 bits per heavy atom. The van der Waals surface area contributed by atoms with Crippen LogP contribution in [0.1, 0.15) is 0 Å². The molecule has 1 N–H and O–H groups in total. The first-order valence-corrected chi connectivity index (χ1v) is 10.1. The van der Waals surface area contributed by atoms with E-state index in [1.807, 2.05) is 0 Å². The van der Waals surface area contributed by atoms with Crippen molar-refractivity contribution in [2.45, 2.75) is 0 Å². The predicted octanol–water partition coefficient (Wildman–Crippen LogP) is 4.85. The molecule has 0 unspecified atom stereocenters. The number of carbonyl (C=O) groups is 1. The Labute approximate surface area is 125 Å². The molecule has 92 valence electrons. The summed E-state index contributed by atoms with van der Waals surface area (Å²) in [5.74, 6) is -0.839. The predicted molar refractivity (Wildman–Crippen MR) is 87.2 cm³/mol. The molecule has 0 aromatic carbocycles. The molecule has 0 aromatic heterocycles. The fraction of sp³-hybridized carbons (Fsp3) is 0.222. The van der Waals surface area contributed by atoms with Crippen LogP contribution in [0, 0.1) is 0 Å². The minimum absolute atomic E-state index is 0.419. The van der Waals surface area contributed by atoms with E-state index in [4.69, 9.17) is 5.11 Å². The summed E-state index contributed by atoms with van der Waals surface area (Å²) in [6.45, 7) is 0. The molecule has 0 spiro atoms. The van der Waals surface area contributed by atoms with Gasteiger partial charge in [-0.3, -0.25) is 0 Å². The minimum atomic E-state index is -0.839. The maximum absolute atomic E-state index is 10.8. The van der Waals surface area contributed by atoms with Crippen LogP contribution in [-0.4, -0.2) is 23.6 Å². The lowest BCUT2D eigenvalue weighted by Gasteiger charge is -2.00. The molecule has 0 fully saturated rings. The molecule has 0 amide bonds. The average molecular weight is 341 g/mol. The minimum Gasteiger partial charge on any atom is -0.477 e. The standard InChI is InChI=1S/C9H8O2S6/c1-12-6-7(13-2)17-9(16-6)8-14-3-4(15-8)5(10)11/h3H,1-2H3,(H,10,11). The third-order valence-corrected chi connectivity index (χ3v) is 9.86. The van der Waals surface area contributed by atoms with E-state index in [1.165, 1.54) is 36.2 Å². The maximum atomic E-state index is 10.8. The number of carboxylic acid groups (broad SMARTS) is 1. The van der Waals surface area contributed by atoms with Crippen molar-refractivity contribution in [3.8, 4) is 0 Å². The van der Waals surface area contributed by atoms with E-state index < -0.39 is 5.97 Å².